The summed E-state index contributed by atoms with van der Waals surface area (Å²) in [6, 6.07) is 16.8. The molecule has 10 heteroatoms. The summed E-state index contributed by atoms with van der Waals surface area (Å²) >= 11 is 5.87. The van der Waals surface area contributed by atoms with Gasteiger partial charge in [0.15, 0.2) is 5.69 Å². The van der Waals surface area contributed by atoms with Gasteiger partial charge in [-0.2, -0.15) is 10.2 Å². The first-order chi connectivity index (χ1) is 15.5. The van der Waals surface area contributed by atoms with E-state index in [1.165, 1.54) is 17.1 Å². The van der Waals surface area contributed by atoms with Gasteiger partial charge in [-0.25, -0.2) is 4.68 Å². The second-order valence-corrected chi connectivity index (χ2v) is 7.49. The average molecular weight is 451 g/mol. The van der Waals surface area contributed by atoms with Crippen LogP contribution in [0.4, 0.5) is 5.69 Å². The molecule has 0 radical (unpaired) electrons. The maximum absolute atomic E-state index is 12.3. The Morgan fingerprint density at radius 1 is 1.09 bits per heavy atom. The molecule has 0 bridgehead atoms. The number of rotatable bonds is 8. The van der Waals surface area contributed by atoms with Gasteiger partial charge in [0.1, 0.15) is 12.7 Å². The summed E-state index contributed by atoms with van der Waals surface area (Å²) in [4.78, 5) is 23.3. The molecule has 32 heavy (non-hydrogen) atoms. The molecule has 162 valence electrons. The smallest absolute Gasteiger partial charge is 0.315 e. The topological polar surface area (TPSA) is 108 Å². The number of amides is 1. The molecular formula is C22H19ClN6O3. The average Bonchev–Trinajstić information content (AvgIpc) is 3.43. The number of nitrogens with zero attached hydrogens (tertiary/aromatic N) is 5. The Bertz CT molecular complexity index is 1230. The Kier molecular flexibility index (Phi) is 6.27. The first-order valence-electron chi connectivity index (χ1n) is 9.83. The van der Waals surface area contributed by atoms with E-state index >= 15 is 0 Å². The van der Waals surface area contributed by atoms with Crippen LogP contribution in [0.15, 0.2) is 73.2 Å². The number of nitrogens with one attached hydrogen (secondary N) is 1. The number of hydrogen-bond acceptors (Lipinski definition) is 5. The molecule has 0 aliphatic carbocycles. The van der Waals surface area contributed by atoms with E-state index in [2.05, 4.69) is 15.5 Å². The molecule has 1 amide bonds. The molecule has 2 aromatic heterocycles. The van der Waals surface area contributed by atoms with Crippen LogP contribution in [0.3, 0.4) is 0 Å². The van der Waals surface area contributed by atoms with Crippen molar-refractivity contribution in [3.05, 3.63) is 93.9 Å². The van der Waals surface area contributed by atoms with Crippen molar-refractivity contribution in [1.82, 2.24) is 24.9 Å². The number of nitro groups is 1. The highest BCUT2D eigenvalue weighted by atomic mass is 35.5. The van der Waals surface area contributed by atoms with Crippen molar-refractivity contribution >= 4 is 23.2 Å². The van der Waals surface area contributed by atoms with Gasteiger partial charge in [0.2, 0.25) is 5.91 Å². The third-order valence-corrected chi connectivity index (χ3v) is 5.02. The third-order valence-electron chi connectivity index (χ3n) is 4.77. The molecule has 4 rings (SSSR count). The summed E-state index contributed by atoms with van der Waals surface area (Å²) < 4.78 is 2.88. The summed E-state index contributed by atoms with van der Waals surface area (Å²) in [5, 5.41) is 23.5. The van der Waals surface area contributed by atoms with Crippen LogP contribution < -0.4 is 5.32 Å². The Morgan fingerprint density at radius 3 is 2.56 bits per heavy atom. The SMILES string of the molecule is O=C(Cn1cc([N+](=O)[O-])c(-c2cnn(-c3ccccc3)c2)n1)NCCc1ccc(Cl)cc1. The van der Waals surface area contributed by atoms with E-state index in [0.717, 1.165) is 11.3 Å². The molecule has 2 aromatic carbocycles. The van der Waals surface area contributed by atoms with Gasteiger partial charge in [0.25, 0.3) is 0 Å². The molecule has 0 saturated heterocycles. The van der Waals surface area contributed by atoms with Crippen LogP contribution in [0, 0.1) is 10.1 Å². The van der Waals surface area contributed by atoms with E-state index in [1.54, 1.807) is 23.0 Å². The quantitative estimate of drug-likeness (QED) is 0.325. The maximum Gasteiger partial charge on any atom is 0.315 e. The molecule has 0 unspecified atom stereocenters. The largest absolute Gasteiger partial charge is 0.354 e. The summed E-state index contributed by atoms with van der Waals surface area (Å²) in [5.41, 5.74) is 2.32. The second kappa shape index (κ2) is 9.44. The number of carbonyl (C=O) groups excluding carboxylic acids is 1. The van der Waals surface area contributed by atoms with E-state index in [4.69, 9.17) is 11.6 Å². The Morgan fingerprint density at radius 2 is 1.84 bits per heavy atom. The number of aromatic nitrogens is 4. The van der Waals surface area contributed by atoms with Gasteiger partial charge in [0.05, 0.1) is 16.8 Å². The maximum atomic E-state index is 12.3. The fourth-order valence-corrected chi connectivity index (χ4v) is 3.32. The molecule has 1 N–H and O–H groups in total. The van der Waals surface area contributed by atoms with E-state index in [0.29, 0.717) is 23.6 Å². The van der Waals surface area contributed by atoms with Crippen LogP contribution in [0.2, 0.25) is 5.02 Å². The molecule has 0 aliphatic rings. The van der Waals surface area contributed by atoms with Gasteiger partial charge in [-0.05, 0) is 36.2 Å². The fraction of sp³-hybridized carbons (Fsp3) is 0.136. The van der Waals surface area contributed by atoms with Crippen molar-refractivity contribution in [2.45, 2.75) is 13.0 Å². The van der Waals surface area contributed by atoms with Gasteiger partial charge in [0, 0.05) is 23.3 Å². The molecule has 0 aliphatic heterocycles. The molecule has 0 atom stereocenters. The Hall–Kier alpha value is -3.98. The normalized spacial score (nSPS) is 10.8. The lowest BCUT2D eigenvalue weighted by atomic mass is 10.1. The predicted molar refractivity (Wildman–Crippen MR) is 120 cm³/mol. The summed E-state index contributed by atoms with van der Waals surface area (Å²) in [6.45, 7) is 0.300. The lowest BCUT2D eigenvalue weighted by Crippen LogP contribution is -2.29. The van der Waals surface area contributed by atoms with Gasteiger partial charge in [-0.15, -0.1) is 0 Å². The summed E-state index contributed by atoms with van der Waals surface area (Å²) in [5.74, 6) is -0.289. The highest BCUT2D eigenvalue weighted by molar-refractivity contribution is 6.30. The molecule has 0 saturated carbocycles. The van der Waals surface area contributed by atoms with Crippen molar-refractivity contribution in [3.8, 4) is 16.9 Å². The highest BCUT2D eigenvalue weighted by Gasteiger charge is 2.23. The lowest BCUT2D eigenvalue weighted by Gasteiger charge is -2.05. The van der Waals surface area contributed by atoms with Crippen molar-refractivity contribution in [1.29, 1.82) is 0 Å². The number of halogens is 1. The van der Waals surface area contributed by atoms with Crippen molar-refractivity contribution in [2.24, 2.45) is 0 Å². The Labute approximate surface area is 188 Å². The van der Waals surface area contributed by atoms with Crippen molar-refractivity contribution < 1.29 is 9.72 Å². The van der Waals surface area contributed by atoms with Crippen LogP contribution in [-0.4, -0.2) is 36.9 Å². The molecule has 0 spiro atoms. The fourth-order valence-electron chi connectivity index (χ4n) is 3.20. The molecule has 9 nitrogen and oxygen atoms in total. The lowest BCUT2D eigenvalue weighted by molar-refractivity contribution is -0.384. The third kappa shape index (κ3) is 5.01. The Balaban J connectivity index is 1.44. The number of carbonyl (C=O) groups is 1. The van der Waals surface area contributed by atoms with E-state index < -0.39 is 4.92 Å². The predicted octanol–water partition coefficient (Wildman–Crippen LogP) is 3.66. The number of hydrogen-bond donors (Lipinski definition) is 1. The van der Waals surface area contributed by atoms with E-state index in [1.807, 2.05) is 42.5 Å². The van der Waals surface area contributed by atoms with Crippen LogP contribution in [0.1, 0.15) is 5.56 Å². The van der Waals surface area contributed by atoms with Gasteiger partial charge in [-0.1, -0.05) is 41.9 Å². The monoisotopic (exact) mass is 450 g/mol. The first kappa shape index (κ1) is 21.3. The van der Waals surface area contributed by atoms with Crippen LogP contribution >= 0.6 is 11.6 Å². The standard InChI is InChI=1S/C22H19ClN6O3/c23-18-8-6-16(7-9-18)10-11-24-21(30)15-27-14-20(29(31)32)22(26-27)17-12-25-28(13-17)19-4-2-1-3-5-19/h1-9,12-14H,10-11,15H2,(H,24,30). The second-order valence-electron chi connectivity index (χ2n) is 7.05. The van der Waals surface area contributed by atoms with E-state index in [9.17, 15) is 14.9 Å². The summed E-state index contributed by atoms with van der Waals surface area (Å²) in [6.07, 6.45) is 5.08. The minimum Gasteiger partial charge on any atom is -0.354 e. The van der Waals surface area contributed by atoms with Crippen LogP contribution in [0.25, 0.3) is 16.9 Å². The van der Waals surface area contributed by atoms with Gasteiger partial charge >= 0.3 is 5.69 Å². The van der Waals surface area contributed by atoms with Crippen molar-refractivity contribution in [3.63, 3.8) is 0 Å². The molecular weight excluding hydrogens is 432 g/mol. The minimum atomic E-state index is -0.517. The first-order valence-corrected chi connectivity index (χ1v) is 10.2. The molecule has 4 aromatic rings. The highest BCUT2D eigenvalue weighted by Crippen LogP contribution is 2.28. The molecule has 0 fully saturated rings. The number of para-hydroxylation sites is 1. The zero-order valence-corrected chi connectivity index (χ0v) is 17.6. The van der Waals surface area contributed by atoms with E-state index in [-0.39, 0.29) is 23.8 Å². The molecule has 2 heterocycles. The van der Waals surface area contributed by atoms with Crippen molar-refractivity contribution in [2.75, 3.05) is 6.54 Å². The van der Waals surface area contributed by atoms with Crippen LogP contribution in [-0.2, 0) is 17.8 Å². The zero-order chi connectivity index (χ0) is 22.5. The summed E-state index contributed by atoms with van der Waals surface area (Å²) in [7, 11) is 0. The van der Waals surface area contributed by atoms with Crippen LogP contribution in [0.5, 0.6) is 0 Å². The van der Waals surface area contributed by atoms with Gasteiger partial charge < -0.3 is 5.32 Å². The zero-order valence-electron chi connectivity index (χ0n) is 16.9. The number of benzene rings is 2. The van der Waals surface area contributed by atoms with Gasteiger partial charge in [-0.3, -0.25) is 19.6 Å². The minimum absolute atomic E-state index is 0.131.